The molecule has 1 unspecified atom stereocenters. The van der Waals surface area contributed by atoms with E-state index in [1.165, 1.54) is 6.07 Å². The fraction of sp³-hybridized carbons (Fsp3) is 0.385. The number of rotatable bonds is 3. The minimum Gasteiger partial charge on any atom is -0.355 e. The number of hydrogen-bond acceptors (Lipinski definition) is 4. The first-order valence-corrected chi connectivity index (χ1v) is 8.03. The molecule has 1 heterocycles. The first kappa shape index (κ1) is 15.5. The Kier molecular flexibility index (Phi) is 4.29. The monoisotopic (exact) mass is 311 g/mol. The van der Waals surface area contributed by atoms with E-state index in [4.69, 9.17) is 5.14 Å². The lowest BCUT2D eigenvalue weighted by molar-refractivity contribution is -0.126. The number of piperidine rings is 1. The number of nitrogens with two attached hydrogens (primary N) is 1. The topological polar surface area (TPSA) is 118 Å². The Morgan fingerprint density at radius 1 is 1.43 bits per heavy atom. The zero-order chi connectivity index (χ0) is 15.6. The molecule has 8 heteroatoms. The maximum Gasteiger partial charge on any atom is 0.238 e. The Labute approximate surface area is 123 Å². The number of carbonyl (C=O) groups is 2. The van der Waals surface area contributed by atoms with Crippen LogP contribution < -0.4 is 15.8 Å². The van der Waals surface area contributed by atoms with E-state index in [1.807, 2.05) is 0 Å². The summed E-state index contributed by atoms with van der Waals surface area (Å²) in [7, 11) is -3.83. The SMILES string of the molecule is Cc1ccc(NC(=O)C2CCC(=O)NC2)cc1S(N)(=O)=O. The van der Waals surface area contributed by atoms with Gasteiger partial charge in [0.25, 0.3) is 0 Å². The first-order chi connectivity index (χ1) is 9.77. The van der Waals surface area contributed by atoms with Crippen LogP contribution in [0.5, 0.6) is 0 Å². The zero-order valence-electron chi connectivity index (χ0n) is 11.5. The van der Waals surface area contributed by atoms with Crippen molar-refractivity contribution in [1.82, 2.24) is 5.32 Å². The fourth-order valence-electron chi connectivity index (χ4n) is 2.19. The highest BCUT2D eigenvalue weighted by atomic mass is 32.2. The summed E-state index contributed by atoms with van der Waals surface area (Å²) >= 11 is 0. The van der Waals surface area contributed by atoms with Crippen LogP contribution in [0.1, 0.15) is 18.4 Å². The van der Waals surface area contributed by atoms with Crippen LogP contribution in [0.15, 0.2) is 23.1 Å². The van der Waals surface area contributed by atoms with Gasteiger partial charge in [-0.05, 0) is 31.0 Å². The molecule has 1 aliphatic heterocycles. The molecule has 4 N–H and O–H groups in total. The predicted octanol–water partition coefficient (Wildman–Crippen LogP) is 0.107. The summed E-state index contributed by atoms with van der Waals surface area (Å²) in [5, 5.41) is 10.4. The molecule has 0 aromatic heterocycles. The summed E-state index contributed by atoms with van der Waals surface area (Å²) < 4.78 is 22.9. The van der Waals surface area contributed by atoms with E-state index in [1.54, 1.807) is 19.1 Å². The molecule has 1 aromatic carbocycles. The molecule has 0 radical (unpaired) electrons. The van der Waals surface area contributed by atoms with Crippen LogP contribution in [0.4, 0.5) is 5.69 Å². The van der Waals surface area contributed by atoms with Crippen molar-refractivity contribution in [1.29, 1.82) is 0 Å². The van der Waals surface area contributed by atoms with Gasteiger partial charge in [0.15, 0.2) is 0 Å². The second kappa shape index (κ2) is 5.82. The standard InChI is InChI=1S/C13H17N3O4S/c1-8-2-4-10(6-11(8)21(14,19)20)16-13(18)9-3-5-12(17)15-7-9/h2,4,6,9H,3,5,7H2,1H3,(H,15,17)(H,16,18)(H2,14,19,20). The molecule has 2 rings (SSSR count). The second-order valence-corrected chi connectivity index (χ2v) is 6.58. The van der Waals surface area contributed by atoms with E-state index >= 15 is 0 Å². The molecule has 0 bridgehead atoms. The van der Waals surface area contributed by atoms with Gasteiger partial charge >= 0.3 is 0 Å². The zero-order valence-corrected chi connectivity index (χ0v) is 12.4. The summed E-state index contributed by atoms with van der Waals surface area (Å²) in [6.45, 7) is 1.92. The molecular weight excluding hydrogens is 294 g/mol. The van der Waals surface area contributed by atoms with E-state index in [0.29, 0.717) is 30.6 Å². The van der Waals surface area contributed by atoms with Crippen LogP contribution in [0.2, 0.25) is 0 Å². The Balaban J connectivity index is 2.13. The lowest BCUT2D eigenvalue weighted by Crippen LogP contribution is -2.40. The molecule has 0 saturated carbocycles. The lowest BCUT2D eigenvalue weighted by Gasteiger charge is -2.21. The van der Waals surface area contributed by atoms with Crippen molar-refractivity contribution in [3.63, 3.8) is 0 Å². The van der Waals surface area contributed by atoms with Gasteiger partial charge in [0.05, 0.1) is 10.8 Å². The van der Waals surface area contributed by atoms with Crippen LogP contribution in [-0.2, 0) is 19.6 Å². The number of hydrogen-bond donors (Lipinski definition) is 3. The highest BCUT2D eigenvalue weighted by Crippen LogP contribution is 2.20. The van der Waals surface area contributed by atoms with Gasteiger partial charge in [-0.1, -0.05) is 6.07 Å². The van der Waals surface area contributed by atoms with Gasteiger partial charge in [0.2, 0.25) is 21.8 Å². The average Bonchev–Trinajstić information content (AvgIpc) is 2.40. The molecule has 0 spiro atoms. The molecule has 0 aliphatic carbocycles. The summed E-state index contributed by atoms with van der Waals surface area (Å²) in [4.78, 5) is 23.1. The van der Waals surface area contributed by atoms with Crippen LogP contribution in [0.3, 0.4) is 0 Å². The van der Waals surface area contributed by atoms with Crippen LogP contribution >= 0.6 is 0 Å². The normalized spacial score (nSPS) is 19.0. The Hall–Kier alpha value is -1.93. The van der Waals surface area contributed by atoms with E-state index < -0.39 is 10.0 Å². The molecule has 1 saturated heterocycles. The minimum absolute atomic E-state index is 0.0164. The number of sulfonamides is 1. The average molecular weight is 311 g/mol. The number of aryl methyl sites for hydroxylation is 1. The van der Waals surface area contributed by atoms with Crippen molar-refractivity contribution < 1.29 is 18.0 Å². The summed E-state index contributed by atoms with van der Waals surface area (Å²) in [5.41, 5.74) is 0.881. The van der Waals surface area contributed by atoms with Crippen molar-refractivity contribution >= 4 is 27.5 Å². The number of anilines is 1. The van der Waals surface area contributed by atoms with Crippen LogP contribution in [0, 0.1) is 12.8 Å². The second-order valence-electron chi connectivity index (χ2n) is 5.05. The van der Waals surface area contributed by atoms with Gasteiger partial charge in [-0.15, -0.1) is 0 Å². The summed E-state index contributed by atoms with van der Waals surface area (Å²) in [6, 6.07) is 4.53. The fourth-order valence-corrected chi connectivity index (χ4v) is 2.99. The summed E-state index contributed by atoms with van der Waals surface area (Å²) in [6.07, 6.45) is 0.792. The van der Waals surface area contributed by atoms with Crippen molar-refractivity contribution in [2.45, 2.75) is 24.7 Å². The van der Waals surface area contributed by atoms with Crippen LogP contribution in [0.25, 0.3) is 0 Å². The highest BCUT2D eigenvalue weighted by molar-refractivity contribution is 7.89. The van der Waals surface area contributed by atoms with E-state index in [-0.39, 0.29) is 22.6 Å². The lowest BCUT2D eigenvalue weighted by atomic mass is 9.98. The number of primary sulfonamides is 1. The van der Waals surface area contributed by atoms with Crippen molar-refractivity contribution in [2.75, 3.05) is 11.9 Å². The van der Waals surface area contributed by atoms with E-state index in [2.05, 4.69) is 10.6 Å². The summed E-state index contributed by atoms with van der Waals surface area (Å²) in [5.74, 6) is -0.632. The number of benzene rings is 1. The molecule has 21 heavy (non-hydrogen) atoms. The van der Waals surface area contributed by atoms with E-state index in [0.717, 1.165) is 0 Å². The molecule has 1 aromatic rings. The maximum atomic E-state index is 12.1. The largest absolute Gasteiger partial charge is 0.355 e. The smallest absolute Gasteiger partial charge is 0.238 e. The van der Waals surface area contributed by atoms with E-state index in [9.17, 15) is 18.0 Å². The van der Waals surface area contributed by atoms with Gasteiger partial charge in [-0.2, -0.15) is 0 Å². The Morgan fingerprint density at radius 3 is 2.71 bits per heavy atom. The molecule has 7 nitrogen and oxygen atoms in total. The third kappa shape index (κ3) is 3.79. The number of amides is 2. The first-order valence-electron chi connectivity index (χ1n) is 6.48. The van der Waals surface area contributed by atoms with Gasteiger partial charge in [-0.3, -0.25) is 9.59 Å². The van der Waals surface area contributed by atoms with Gasteiger partial charge in [-0.25, -0.2) is 13.6 Å². The maximum absolute atomic E-state index is 12.1. The Morgan fingerprint density at radius 2 is 2.14 bits per heavy atom. The third-order valence-electron chi connectivity index (χ3n) is 3.40. The quantitative estimate of drug-likeness (QED) is 0.734. The van der Waals surface area contributed by atoms with Gasteiger partial charge < -0.3 is 10.6 Å². The van der Waals surface area contributed by atoms with Crippen LogP contribution in [-0.4, -0.2) is 26.8 Å². The third-order valence-corrected chi connectivity index (χ3v) is 4.45. The molecule has 1 atom stereocenters. The van der Waals surface area contributed by atoms with Gasteiger partial charge in [0, 0.05) is 18.7 Å². The van der Waals surface area contributed by atoms with Crippen molar-refractivity contribution in [3.8, 4) is 0 Å². The molecule has 1 aliphatic rings. The molecular formula is C13H17N3O4S. The Bertz CT molecular complexity index is 675. The minimum atomic E-state index is -3.83. The number of nitrogens with one attached hydrogen (secondary N) is 2. The molecule has 1 fully saturated rings. The van der Waals surface area contributed by atoms with Crippen molar-refractivity contribution in [2.24, 2.45) is 11.1 Å². The predicted molar refractivity (Wildman–Crippen MR) is 76.9 cm³/mol. The molecule has 2 amide bonds. The van der Waals surface area contributed by atoms with Gasteiger partial charge in [0.1, 0.15) is 0 Å². The number of carbonyl (C=O) groups excluding carboxylic acids is 2. The highest BCUT2D eigenvalue weighted by Gasteiger charge is 2.24. The molecule has 114 valence electrons. The van der Waals surface area contributed by atoms with Crippen molar-refractivity contribution in [3.05, 3.63) is 23.8 Å².